The van der Waals surface area contributed by atoms with E-state index in [0.29, 0.717) is 10.6 Å². The number of urea groups is 1. The minimum atomic E-state index is -1.23. The Balaban J connectivity index is 2.49. The highest BCUT2D eigenvalue weighted by Crippen LogP contribution is 2.14. The van der Waals surface area contributed by atoms with Gasteiger partial charge in [0.1, 0.15) is 6.04 Å². The molecule has 0 heterocycles. The first kappa shape index (κ1) is 16.8. The fourth-order valence-corrected chi connectivity index (χ4v) is 1.77. The lowest BCUT2D eigenvalue weighted by molar-refractivity contribution is -0.139. The SMILES string of the molecule is NC(=O)CC[C@@H](NC(=O)NCc1ccccc1Cl)C(=O)O. The van der Waals surface area contributed by atoms with Crippen molar-refractivity contribution in [3.63, 3.8) is 0 Å². The molecule has 0 saturated heterocycles. The van der Waals surface area contributed by atoms with Gasteiger partial charge < -0.3 is 21.5 Å². The fourth-order valence-electron chi connectivity index (χ4n) is 1.57. The number of carbonyl (C=O) groups excluding carboxylic acids is 2. The van der Waals surface area contributed by atoms with Gasteiger partial charge >= 0.3 is 12.0 Å². The maximum absolute atomic E-state index is 11.6. The summed E-state index contributed by atoms with van der Waals surface area (Å²) in [6.45, 7) is 0.160. The van der Waals surface area contributed by atoms with Crippen molar-refractivity contribution < 1.29 is 19.5 Å². The number of primary amides is 1. The van der Waals surface area contributed by atoms with Crippen LogP contribution < -0.4 is 16.4 Å². The van der Waals surface area contributed by atoms with E-state index in [1.54, 1.807) is 24.3 Å². The second-order valence-corrected chi connectivity index (χ2v) is 4.72. The van der Waals surface area contributed by atoms with Crippen molar-refractivity contribution in [1.82, 2.24) is 10.6 Å². The molecule has 0 aromatic heterocycles. The molecular weight excluding hydrogens is 298 g/mol. The number of hydrogen-bond donors (Lipinski definition) is 4. The summed E-state index contributed by atoms with van der Waals surface area (Å²) in [5.74, 6) is -1.86. The van der Waals surface area contributed by atoms with Gasteiger partial charge in [-0.3, -0.25) is 4.79 Å². The number of aliphatic carboxylic acids is 1. The normalized spacial score (nSPS) is 11.5. The van der Waals surface area contributed by atoms with Gasteiger partial charge in [0.15, 0.2) is 0 Å². The molecule has 1 atom stereocenters. The monoisotopic (exact) mass is 313 g/mol. The number of amides is 3. The number of nitrogens with two attached hydrogens (primary N) is 1. The molecule has 0 radical (unpaired) electrons. The number of benzene rings is 1. The van der Waals surface area contributed by atoms with Gasteiger partial charge in [-0.05, 0) is 18.1 Å². The first-order valence-electron chi connectivity index (χ1n) is 6.19. The van der Waals surface area contributed by atoms with Crippen LogP contribution in [0.15, 0.2) is 24.3 Å². The summed E-state index contributed by atoms with van der Waals surface area (Å²) in [6.07, 6.45) is -0.189. The summed E-state index contributed by atoms with van der Waals surface area (Å²) in [6, 6.07) is 5.12. The van der Waals surface area contributed by atoms with E-state index in [9.17, 15) is 14.4 Å². The first-order chi connectivity index (χ1) is 9.90. The zero-order chi connectivity index (χ0) is 15.8. The lowest BCUT2D eigenvalue weighted by Crippen LogP contribution is -2.46. The van der Waals surface area contributed by atoms with Crippen molar-refractivity contribution in [2.45, 2.75) is 25.4 Å². The van der Waals surface area contributed by atoms with Crippen LogP contribution in [0.2, 0.25) is 5.02 Å². The number of hydrogen-bond acceptors (Lipinski definition) is 3. The number of halogens is 1. The van der Waals surface area contributed by atoms with Gasteiger partial charge in [-0.25, -0.2) is 9.59 Å². The molecule has 0 fully saturated rings. The molecule has 0 aliphatic rings. The number of rotatable bonds is 7. The average Bonchev–Trinajstić information content (AvgIpc) is 2.42. The molecule has 5 N–H and O–H groups in total. The quantitative estimate of drug-likeness (QED) is 0.596. The highest BCUT2D eigenvalue weighted by molar-refractivity contribution is 6.31. The minimum Gasteiger partial charge on any atom is -0.480 e. The molecule has 21 heavy (non-hydrogen) atoms. The van der Waals surface area contributed by atoms with Gasteiger partial charge in [-0.15, -0.1) is 0 Å². The topological polar surface area (TPSA) is 122 Å². The number of nitrogens with one attached hydrogen (secondary N) is 2. The van der Waals surface area contributed by atoms with E-state index >= 15 is 0 Å². The minimum absolute atomic E-state index is 0.0653. The average molecular weight is 314 g/mol. The molecule has 0 aliphatic heterocycles. The lowest BCUT2D eigenvalue weighted by Gasteiger charge is -2.14. The van der Waals surface area contributed by atoms with Crippen LogP contribution in [0.25, 0.3) is 0 Å². The highest BCUT2D eigenvalue weighted by atomic mass is 35.5. The Hall–Kier alpha value is -2.28. The molecule has 1 rings (SSSR count). The predicted molar refractivity (Wildman–Crippen MR) is 76.7 cm³/mol. The number of carbonyl (C=O) groups is 3. The van der Waals surface area contributed by atoms with Crippen LogP contribution in [0.1, 0.15) is 18.4 Å². The molecule has 8 heteroatoms. The molecule has 0 saturated carbocycles. The Bertz CT molecular complexity index is 536. The molecule has 114 valence electrons. The van der Waals surface area contributed by atoms with Crippen molar-refractivity contribution in [3.05, 3.63) is 34.9 Å². The van der Waals surface area contributed by atoms with Crippen LogP contribution in [-0.4, -0.2) is 29.1 Å². The fraction of sp³-hybridized carbons (Fsp3) is 0.308. The van der Waals surface area contributed by atoms with E-state index < -0.39 is 23.9 Å². The lowest BCUT2D eigenvalue weighted by atomic mass is 10.1. The maximum atomic E-state index is 11.6. The van der Waals surface area contributed by atoms with Gasteiger partial charge in [0.25, 0.3) is 0 Å². The van der Waals surface area contributed by atoms with Crippen molar-refractivity contribution in [2.75, 3.05) is 0 Å². The summed E-state index contributed by atoms with van der Waals surface area (Å²) < 4.78 is 0. The standard InChI is InChI=1S/C13H16ClN3O4/c14-9-4-2-1-3-8(9)7-16-13(21)17-10(12(19)20)5-6-11(15)18/h1-4,10H,5-7H2,(H2,15,18)(H,19,20)(H2,16,17,21)/t10-/m1/s1. The Kier molecular flexibility index (Phi) is 6.48. The van der Waals surface area contributed by atoms with Crippen LogP contribution in [0, 0.1) is 0 Å². The largest absolute Gasteiger partial charge is 0.480 e. The molecule has 0 unspecified atom stereocenters. The van der Waals surface area contributed by atoms with Gasteiger partial charge in [0.05, 0.1) is 0 Å². The van der Waals surface area contributed by atoms with Crippen molar-refractivity contribution in [3.8, 4) is 0 Å². The Morgan fingerprint density at radius 1 is 1.29 bits per heavy atom. The van der Waals surface area contributed by atoms with E-state index in [1.807, 2.05) is 0 Å². The van der Waals surface area contributed by atoms with Crippen LogP contribution in [-0.2, 0) is 16.1 Å². The summed E-state index contributed by atoms with van der Waals surface area (Å²) in [7, 11) is 0. The van der Waals surface area contributed by atoms with Crippen LogP contribution in [0.4, 0.5) is 4.79 Å². The summed E-state index contributed by atoms with van der Waals surface area (Å²) in [5, 5.41) is 14.2. The zero-order valence-corrected chi connectivity index (χ0v) is 11.9. The maximum Gasteiger partial charge on any atom is 0.326 e. The first-order valence-corrected chi connectivity index (χ1v) is 6.57. The molecule has 0 bridgehead atoms. The van der Waals surface area contributed by atoms with E-state index in [4.69, 9.17) is 22.4 Å². The van der Waals surface area contributed by atoms with Gasteiger partial charge in [-0.2, -0.15) is 0 Å². The van der Waals surface area contributed by atoms with E-state index in [0.717, 1.165) is 0 Å². The number of carboxylic acids is 1. The van der Waals surface area contributed by atoms with Crippen molar-refractivity contribution in [2.24, 2.45) is 5.73 Å². The molecule has 1 aromatic rings. The van der Waals surface area contributed by atoms with E-state index in [-0.39, 0.29) is 19.4 Å². The predicted octanol–water partition coefficient (Wildman–Crippen LogP) is 0.858. The van der Waals surface area contributed by atoms with Crippen LogP contribution >= 0.6 is 11.6 Å². The summed E-state index contributed by atoms with van der Waals surface area (Å²) in [5.41, 5.74) is 5.65. The van der Waals surface area contributed by atoms with Crippen LogP contribution in [0.3, 0.4) is 0 Å². The third kappa shape index (κ3) is 6.13. The third-order valence-electron chi connectivity index (χ3n) is 2.68. The van der Waals surface area contributed by atoms with E-state index in [2.05, 4.69) is 10.6 Å². The smallest absolute Gasteiger partial charge is 0.326 e. The molecule has 7 nitrogen and oxygen atoms in total. The van der Waals surface area contributed by atoms with Crippen molar-refractivity contribution >= 4 is 29.5 Å². The van der Waals surface area contributed by atoms with Crippen LogP contribution in [0.5, 0.6) is 0 Å². The summed E-state index contributed by atoms with van der Waals surface area (Å²) in [4.78, 5) is 33.2. The Labute approximate surface area is 126 Å². The molecule has 1 aromatic carbocycles. The van der Waals surface area contributed by atoms with E-state index in [1.165, 1.54) is 0 Å². The third-order valence-corrected chi connectivity index (χ3v) is 3.05. The van der Waals surface area contributed by atoms with Gasteiger partial charge in [0, 0.05) is 18.0 Å². The van der Waals surface area contributed by atoms with Crippen molar-refractivity contribution in [1.29, 1.82) is 0 Å². The molecule has 0 aliphatic carbocycles. The van der Waals surface area contributed by atoms with Gasteiger partial charge in [-0.1, -0.05) is 29.8 Å². The second-order valence-electron chi connectivity index (χ2n) is 4.31. The molecule has 0 spiro atoms. The number of carboxylic acid groups (broad SMARTS) is 1. The summed E-state index contributed by atoms with van der Waals surface area (Å²) >= 11 is 5.93. The van der Waals surface area contributed by atoms with Gasteiger partial charge in [0.2, 0.25) is 5.91 Å². The Morgan fingerprint density at radius 3 is 2.52 bits per heavy atom. The Morgan fingerprint density at radius 2 is 1.95 bits per heavy atom. The zero-order valence-electron chi connectivity index (χ0n) is 11.1. The molecule has 3 amide bonds. The highest BCUT2D eigenvalue weighted by Gasteiger charge is 2.20. The second kappa shape index (κ2) is 8.11. The molecular formula is C13H16ClN3O4.